The van der Waals surface area contributed by atoms with E-state index >= 15 is 0 Å². The number of carboxylic acid groups (broad SMARTS) is 1. The molecule has 0 unspecified atom stereocenters. The van der Waals surface area contributed by atoms with Crippen molar-refractivity contribution in [3.8, 4) is 0 Å². The van der Waals surface area contributed by atoms with Crippen molar-refractivity contribution in [1.82, 2.24) is 5.32 Å². The second kappa shape index (κ2) is 9.23. The minimum atomic E-state index is -0.883. The summed E-state index contributed by atoms with van der Waals surface area (Å²) >= 11 is 1.14. The number of hydrogen-bond donors (Lipinski definition) is 2. The summed E-state index contributed by atoms with van der Waals surface area (Å²) in [5, 5.41) is 11.5. The Bertz CT molecular complexity index is 316. The average Bonchev–Trinajstić information content (AvgIpc) is 2.44. The van der Waals surface area contributed by atoms with E-state index in [0.29, 0.717) is 6.54 Å². The second-order valence-corrected chi connectivity index (χ2v) is 6.45. The lowest BCUT2D eigenvalue weighted by Gasteiger charge is -2.37. The van der Waals surface area contributed by atoms with Gasteiger partial charge in [-0.25, -0.2) is 0 Å². The van der Waals surface area contributed by atoms with E-state index < -0.39 is 5.97 Å². The lowest BCUT2D eigenvalue weighted by molar-refractivity contribution is -0.133. The maximum Gasteiger partial charge on any atom is 0.313 e. The van der Waals surface area contributed by atoms with Gasteiger partial charge in [-0.05, 0) is 24.7 Å². The van der Waals surface area contributed by atoms with E-state index in [1.165, 1.54) is 19.3 Å². The largest absolute Gasteiger partial charge is 0.481 e. The van der Waals surface area contributed by atoms with Gasteiger partial charge in [0, 0.05) is 20.3 Å². The summed E-state index contributed by atoms with van der Waals surface area (Å²) in [6.07, 6.45) is 6.96. The van der Waals surface area contributed by atoms with Crippen LogP contribution < -0.4 is 5.32 Å². The SMILES string of the molecule is COCCC1(CNC(=O)CSCC(=O)O)CCCCC1. The van der Waals surface area contributed by atoms with E-state index in [2.05, 4.69) is 5.32 Å². The van der Waals surface area contributed by atoms with E-state index in [4.69, 9.17) is 9.84 Å². The zero-order chi connectivity index (χ0) is 14.8. The molecule has 1 rings (SSSR count). The molecule has 0 aliphatic heterocycles. The first kappa shape index (κ1) is 17.3. The van der Waals surface area contributed by atoms with Crippen molar-refractivity contribution in [2.75, 3.05) is 31.8 Å². The van der Waals surface area contributed by atoms with Gasteiger partial charge in [-0.15, -0.1) is 11.8 Å². The summed E-state index contributed by atoms with van der Waals surface area (Å²) in [4.78, 5) is 22.1. The summed E-state index contributed by atoms with van der Waals surface area (Å²) in [6.45, 7) is 1.41. The fourth-order valence-electron chi connectivity index (χ4n) is 2.70. The number of ether oxygens (including phenoxy) is 1. The predicted molar refractivity (Wildman–Crippen MR) is 80.0 cm³/mol. The van der Waals surface area contributed by atoms with Gasteiger partial charge in [-0.1, -0.05) is 19.3 Å². The van der Waals surface area contributed by atoms with Crippen LogP contribution in [0, 0.1) is 5.41 Å². The van der Waals surface area contributed by atoms with Gasteiger partial charge >= 0.3 is 5.97 Å². The average molecular weight is 303 g/mol. The van der Waals surface area contributed by atoms with Gasteiger partial charge in [-0.2, -0.15) is 0 Å². The zero-order valence-electron chi connectivity index (χ0n) is 12.2. The van der Waals surface area contributed by atoms with E-state index in [-0.39, 0.29) is 22.8 Å². The highest BCUT2D eigenvalue weighted by Crippen LogP contribution is 2.38. The van der Waals surface area contributed by atoms with Crippen molar-refractivity contribution < 1.29 is 19.4 Å². The Hall–Kier alpha value is -0.750. The normalized spacial score (nSPS) is 17.6. The molecule has 0 aromatic carbocycles. The number of carboxylic acids is 1. The van der Waals surface area contributed by atoms with Gasteiger partial charge in [-0.3, -0.25) is 9.59 Å². The lowest BCUT2D eigenvalue weighted by Crippen LogP contribution is -2.40. The van der Waals surface area contributed by atoms with Crippen LogP contribution in [-0.4, -0.2) is 48.8 Å². The van der Waals surface area contributed by atoms with Gasteiger partial charge in [0.2, 0.25) is 5.91 Å². The van der Waals surface area contributed by atoms with Crippen LogP contribution in [0.25, 0.3) is 0 Å². The number of thioether (sulfide) groups is 1. The Morgan fingerprint density at radius 1 is 1.25 bits per heavy atom. The lowest BCUT2D eigenvalue weighted by atomic mass is 9.72. The third kappa shape index (κ3) is 6.61. The Balaban J connectivity index is 2.33. The predicted octanol–water partition coefficient (Wildman–Crippen LogP) is 1.91. The van der Waals surface area contributed by atoms with Crippen LogP contribution in [-0.2, 0) is 14.3 Å². The van der Waals surface area contributed by atoms with Gasteiger partial charge in [0.05, 0.1) is 11.5 Å². The number of aliphatic carboxylic acids is 1. The molecule has 116 valence electrons. The monoisotopic (exact) mass is 303 g/mol. The number of carbonyl (C=O) groups is 2. The van der Waals surface area contributed by atoms with E-state index in [1.54, 1.807) is 7.11 Å². The molecule has 1 saturated carbocycles. The highest BCUT2D eigenvalue weighted by Gasteiger charge is 2.31. The van der Waals surface area contributed by atoms with Crippen molar-refractivity contribution in [2.45, 2.75) is 38.5 Å². The van der Waals surface area contributed by atoms with Crippen LogP contribution in [0.4, 0.5) is 0 Å². The molecule has 0 atom stereocenters. The smallest absolute Gasteiger partial charge is 0.313 e. The first-order valence-corrected chi connectivity index (χ1v) is 8.29. The summed E-state index contributed by atoms with van der Waals surface area (Å²) in [5.74, 6) is -0.764. The van der Waals surface area contributed by atoms with Crippen LogP contribution in [0.3, 0.4) is 0 Å². The molecule has 1 fully saturated rings. The van der Waals surface area contributed by atoms with Gasteiger partial charge in [0.25, 0.3) is 0 Å². The molecule has 0 bridgehead atoms. The Labute approximate surface area is 124 Å². The molecular formula is C14H25NO4S. The van der Waals surface area contributed by atoms with Crippen molar-refractivity contribution in [1.29, 1.82) is 0 Å². The molecule has 0 aromatic rings. The Morgan fingerprint density at radius 3 is 2.55 bits per heavy atom. The molecule has 1 amide bonds. The van der Waals surface area contributed by atoms with E-state index in [9.17, 15) is 9.59 Å². The third-order valence-electron chi connectivity index (χ3n) is 3.87. The molecule has 0 spiro atoms. The number of nitrogens with one attached hydrogen (secondary N) is 1. The van der Waals surface area contributed by atoms with Crippen LogP contribution in [0.2, 0.25) is 0 Å². The van der Waals surface area contributed by atoms with E-state index in [0.717, 1.165) is 37.6 Å². The molecule has 1 aliphatic rings. The van der Waals surface area contributed by atoms with Gasteiger partial charge in [0.15, 0.2) is 0 Å². The molecule has 2 N–H and O–H groups in total. The number of methoxy groups -OCH3 is 1. The fourth-order valence-corrected chi connectivity index (χ4v) is 3.27. The topological polar surface area (TPSA) is 75.6 Å². The summed E-state index contributed by atoms with van der Waals surface area (Å²) in [6, 6.07) is 0. The standard InChI is InChI=1S/C14H25NO4S/c1-19-8-7-14(5-3-2-4-6-14)11-15-12(16)9-20-10-13(17)18/h2-11H2,1H3,(H,15,16)(H,17,18). The van der Waals surface area contributed by atoms with Gasteiger partial charge < -0.3 is 15.2 Å². The third-order valence-corrected chi connectivity index (χ3v) is 4.79. The fraction of sp³-hybridized carbons (Fsp3) is 0.857. The second-order valence-electron chi connectivity index (χ2n) is 5.47. The van der Waals surface area contributed by atoms with Crippen LogP contribution in [0.5, 0.6) is 0 Å². The molecule has 0 heterocycles. The maximum atomic E-state index is 11.7. The molecule has 20 heavy (non-hydrogen) atoms. The number of hydrogen-bond acceptors (Lipinski definition) is 4. The minimum absolute atomic E-state index is 0.0256. The summed E-state index contributed by atoms with van der Waals surface area (Å²) in [5.41, 5.74) is 0.168. The summed E-state index contributed by atoms with van der Waals surface area (Å²) in [7, 11) is 1.71. The zero-order valence-corrected chi connectivity index (χ0v) is 13.0. The molecule has 5 nitrogen and oxygen atoms in total. The Morgan fingerprint density at radius 2 is 1.95 bits per heavy atom. The first-order valence-electron chi connectivity index (χ1n) is 7.13. The quantitative estimate of drug-likeness (QED) is 0.680. The van der Waals surface area contributed by atoms with E-state index in [1.807, 2.05) is 0 Å². The minimum Gasteiger partial charge on any atom is -0.481 e. The number of amides is 1. The molecule has 0 saturated heterocycles. The van der Waals surface area contributed by atoms with Crippen LogP contribution >= 0.6 is 11.8 Å². The maximum absolute atomic E-state index is 11.7. The highest BCUT2D eigenvalue weighted by atomic mass is 32.2. The van der Waals surface area contributed by atoms with Crippen molar-refractivity contribution in [3.05, 3.63) is 0 Å². The summed E-state index contributed by atoms with van der Waals surface area (Å²) < 4.78 is 5.19. The van der Waals surface area contributed by atoms with Crippen molar-refractivity contribution in [3.63, 3.8) is 0 Å². The molecule has 0 aromatic heterocycles. The molecule has 0 radical (unpaired) electrons. The first-order chi connectivity index (χ1) is 9.58. The van der Waals surface area contributed by atoms with Crippen molar-refractivity contribution >= 4 is 23.6 Å². The number of rotatable bonds is 9. The Kier molecular flexibility index (Phi) is 7.99. The van der Waals surface area contributed by atoms with Crippen molar-refractivity contribution in [2.24, 2.45) is 5.41 Å². The van der Waals surface area contributed by atoms with Crippen LogP contribution in [0.15, 0.2) is 0 Å². The molecular weight excluding hydrogens is 278 g/mol. The molecule has 6 heteroatoms. The molecule has 1 aliphatic carbocycles. The highest BCUT2D eigenvalue weighted by molar-refractivity contribution is 8.00. The van der Waals surface area contributed by atoms with Crippen LogP contribution in [0.1, 0.15) is 38.5 Å². The van der Waals surface area contributed by atoms with Gasteiger partial charge in [0.1, 0.15) is 0 Å². The number of carbonyl (C=O) groups excluding carboxylic acids is 1.